The summed E-state index contributed by atoms with van der Waals surface area (Å²) >= 11 is 6.04. The van der Waals surface area contributed by atoms with Crippen LogP contribution in [0.2, 0.25) is 5.02 Å². The number of carbonyl (C=O) groups excluding carboxylic acids is 2. The van der Waals surface area contributed by atoms with Crippen LogP contribution >= 0.6 is 11.6 Å². The molecule has 0 bridgehead atoms. The van der Waals surface area contributed by atoms with Gasteiger partial charge < -0.3 is 10.2 Å². The number of halogens is 1. The minimum Gasteiger partial charge on any atom is -0.337 e. The van der Waals surface area contributed by atoms with Crippen LogP contribution in [0.5, 0.6) is 0 Å². The Morgan fingerprint density at radius 1 is 1.00 bits per heavy atom. The molecule has 2 amide bonds. The largest absolute Gasteiger partial charge is 0.337 e. The van der Waals surface area contributed by atoms with E-state index in [4.69, 9.17) is 11.6 Å². The van der Waals surface area contributed by atoms with Gasteiger partial charge in [0.2, 0.25) is 5.91 Å². The standard InChI is InChI=1S/C25H28ClN5O2/c1-18-24(19(2)31(28-18)22-10-4-3-5-11-22)27-23(32)17-29-12-7-13-30(15-14-29)25(33)20-8-6-9-21(26)16-20/h3-6,8-11,16H,7,12-15,17H2,1-2H3,(H,27,32). The topological polar surface area (TPSA) is 70.5 Å². The number of nitrogens with one attached hydrogen (secondary N) is 1. The summed E-state index contributed by atoms with van der Waals surface area (Å²) in [5.74, 6) is -0.105. The Balaban J connectivity index is 1.36. The molecule has 0 aliphatic carbocycles. The molecule has 1 saturated heterocycles. The minimum atomic E-state index is -0.0802. The summed E-state index contributed by atoms with van der Waals surface area (Å²) in [6.07, 6.45) is 0.809. The van der Waals surface area contributed by atoms with Crippen LogP contribution in [0.25, 0.3) is 5.69 Å². The maximum absolute atomic E-state index is 12.8. The number of hydrogen-bond donors (Lipinski definition) is 1. The zero-order valence-electron chi connectivity index (χ0n) is 18.9. The molecule has 1 aliphatic rings. The molecule has 2 heterocycles. The molecule has 0 unspecified atom stereocenters. The predicted octanol–water partition coefficient (Wildman–Crippen LogP) is 3.93. The summed E-state index contributed by atoms with van der Waals surface area (Å²) in [6, 6.07) is 16.9. The van der Waals surface area contributed by atoms with Crippen molar-refractivity contribution in [2.45, 2.75) is 20.3 Å². The molecule has 0 saturated carbocycles. The molecule has 1 fully saturated rings. The normalized spacial score (nSPS) is 14.7. The number of carbonyl (C=O) groups is 2. The Hall–Kier alpha value is -3.16. The van der Waals surface area contributed by atoms with Crippen LogP contribution in [0.15, 0.2) is 54.6 Å². The third-order valence-corrected chi connectivity index (χ3v) is 6.11. The molecule has 1 aliphatic heterocycles. The van der Waals surface area contributed by atoms with E-state index in [1.54, 1.807) is 24.3 Å². The first-order valence-electron chi connectivity index (χ1n) is 11.1. The van der Waals surface area contributed by atoms with Crippen LogP contribution in [0.3, 0.4) is 0 Å². The van der Waals surface area contributed by atoms with Crippen LogP contribution in [0.4, 0.5) is 5.69 Å². The molecule has 3 aromatic rings. The predicted molar refractivity (Wildman–Crippen MR) is 130 cm³/mol. The zero-order valence-corrected chi connectivity index (χ0v) is 19.7. The van der Waals surface area contributed by atoms with Gasteiger partial charge in [0.15, 0.2) is 0 Å². The van der Waals surface area contributed by atoms with E-state index in [0.29, 0.717) is 30.2 Å². The number of hydrogen-bond acceptors (Lipinski definition) is 4. The van der Waals surface area contributed by atoms with Crippen molar-refractivity contribution in [1.82, 2.24) is 19.6 Å². The van der Waals surface area contributed by atoms with Gasteiger partial charge in [-0.25, -0.2) is 4.68 Å². The van der Waals surface area contributed by atoms with E-state index in [1.165, 1.54) is 0 Å². The molecule has 4 rings (SSSR count). The van der Waals surface area contributed by atoms with Crippen molar-refractivity contribution >= 4 is 29.1 Å². The number of benzene rings is 2. The van der Waals surface area contributed by atoms with E-state index in [1.807, 2.05) is 53.8 Å². The maximum Gasteiger partial charge on any atom is 0.253 e. The third kappa shape index (κ3) is 5.43. The second-order valence-electron chi connectivity index (χ2n) is 8.27. The van der Waals surface area contributed by atoms with Gasteiger partial charge in [-0.3, -0.25) is 14.5 Å². The number of rotatable bonds is 5. The smallest absolute Gasteiger partial charge is 0.253 e. The molecular formula is C25H28ClN5O2. The van der Waals surface area contributed by atoms with E-state index in [2.05, 4.69) is 15.3 Å². The lowest BCUT2D eigenvalue weighted by Gasteiger charge is -2.22. The molecule has 1 aromatic heterocycles. The van der Waals surface area contributed by atoms with Crippen LogP contribution in [0.1, 0.15) is 28.2 Å². The number of aryl methyl sites for hydroxylation is 1. The summed E-state index contributed by atoms with van der Waals surface area (Å²) in [4.78, 5) is 29.6. The summed E-state index contributed by atoms with van der Waals surface area (Å²) in [7, 11) is 0. The highest BCUT2D eigenvalue weighted by Crippen LogP contribution is 2.23. The summed E-state index contributed by atoms with van der Waals surface area (Å²) in [5, 5.41) is 8.19. The molecule has 0 spiro atoms. The lowest BCUT2D eigenvalue weighted by atomic mass is 10.2. The van der Waals surface area contributed by atoms with Gasteiger partial charge in [-0.1, -0.05) is 35.9 Å². The highest BCUT2D eigenvalue weighted by molar-refractivity contribution is 6.30. The van der Waals surface area contributed by atoms with Crippen molar-refractivity contribution in [3.05, 3.63) is 76.6 Å². The Morgan fingerprint density at radius 2 is 1.79 bits per heavy atom. The fourth-order valence-corrected chi connectivity index (χ4v) is 4.35. The highest BCUT2D eigenvalue weighted by Gasteiger charge is 2.22. The molecule has 0 atom stereocenters. The van der Waals surface area contributed by atoms with Gasteiger partial charge in [0, 0.05) is 36.8 Å². The van der Waals surface area contributed by atoms with E-state index in [0.717, 1.165) is 35.7 Å². The van der Waals surface area contributed by atoms with Crippen molar-refractivity contribution in [2.24, 2.45) is 0 Å². The number of nitrogens with zero attached hydrogens (tertiary/aromatic N) is 4. The average Bonchev–Trinajstić information content (AvgIpc) is 2.96. The van der Waals surface area contributed by atoms with E-state index in [9.17, 15) is 9.59 Å². The fraction of sp³-hybridized carbons (Fsp3) is 0.320. The zero-order chi connectivity index (χ0) is 23.4. The van der Waals surface area contributed by atoms with Crippen LogP contribution in [0, 0.1) is 13.8 Å². The van der Waals surface area contributed by atoms with Gasteiger partial charge in [-0.05, 0) is 50.6 Å². The molecule has 1 N–H and O–H groups in total. The van der Waals surface area contributed by atoms with Crippen LogP contribution in [-0.2, 0) is 4.79 Å². The number of anilines is 1. The number of para-hydroxylation sites is 1. The van der Waals surface area contributed by atoms with E-state index >= 15 is 0 Å². The molecule has 7 nitrogen and oxygen atoms in total. The van der Waals surface area contributed by atoms with Gasteiger partial charge in [-0.2, -0.15) is 5.10 Å². The van der Waals surface area contributed by atoms with Gasteiger partial charge in [-0.15, -0.1) is 0 Å². The van der Waals surface area contributed by atoms with E-state index < -0.39 is 0 Å². The minimum absolute atomic E-state index is 0.0247. The first kappa shape index (κ1) is 23.0. The van der Waals surface area contributed by atoms with Crippen molar-refractivity contribution in [2.75, 3.05) is 38.0 Å². The summed E-state index contributed by atoms with van der Waals surface area (Å²) in [5.41, 5.74) is 3.96. The summed E-state index contributed by atoms with van der Waals surface area (Å²) in [6.45, 7) is 6.75. The summed E-state index contributed by atoms with van der Waals surface area (Å²) < 4.78 is 1.84. The Morgan fingerprint density at radius 3 is 2.55 bits per heavy atom. The van der Waals surface area contributed by atoms with Crippen molar-refractivity contribution in [3.8, 4) is 5.69 Å². The molecule has 2 aromatic carbocycles. The SMILES string of the molecule is Cc1nn(-c2ccccc2)c(C)c1NC(=O)CN1CCCN(C(=O)c2cccc(Cl)c2)CC1. The third-order valence-electron chi connectivity index (χ3n) is 5.87. The molecule has 0 radical (unpaired) electrons. The fourth-order valence-electron chi connectivity index (χ4n) is 4.16. The first-order valence-corrected chi connectivity index (χ1v) is 11.5. The number of amides is 2. The lowest BCUT2D eigenvalue weighted by Crippen LogP contribution is -2.38. The lowest BCUT2D eigenvalue weighted by molar-refractivity contribution is -0.117. The number of aromatic nitrogens is 2. The molecular weight excluding hydrogens is 438 g/mol. The van der Waals surface area contributed by atoms with Gasteiger partial charge in [0.1, 0.15) is 0 Å². The Bertz CT molecular complexity index is 1140. The second kappa shape index (κ2) is 10.2. The van der Waals surface area contributed by atoms with Crippen LogP contribution < -0.4 is 5.32 Å². The maximum atomic E-state index is 12.8. The van der Waals surface area contributed by atoms with Gasteiger partial charge in [0.05, 0.1) is 29.3 Å². The molecule has 33 heavy (non-hydrogen) atoms. The van der Waals surface area contributed by atoms with Crippen molar-refractivity contribution in [3.63, 3.8) is 0 Å². The van der Waals surface area contributed by atoms with Gasteiger partial charge in [0.25, 0.3) is 5.91 Å². The quantitative estimate of drug-likeness (QED) is 0.619. The second-order valence-corrected chi connectivity index (χ2v) is 8.71. The van der Waals surface area contributed by atoms with Crippen molar-refractivity contribution in [1.29, 1.82) is 0 Å². The molecule has 172 valence electrons. The van der Waals surface area contributed by atoms with Crippen LogP contribution in [-0.4, -0.2) is 64.1 Å². The Kier molecular flexibility index (Phi) is 7.11. The molecule has 8 heteroatoms. The van der Waals surface area contributed by atoms with E-state index in [-0.39, 0.29) is 18.4 Å². The highest BCUT2D eigenvalue weighted by atomic mass is 35.5. The first-order chi connectivity index (χ1) is 15.9. The Labute approximate surface area is 198 Å². The monoisotopic (exact) mass is 465 g/mol. The van der Waals surface area contributed by atoms with Crippen molar-refractivity contribution < 1.29 is 9.59 Å². The average molecular weight is 466 g/mol. The van der Waals surface area contributed by atoms with Gasteiger partial charge >= 0.3 is 0 Å².